The molecule has 1 rings (SSSR count). The molecule has 1 aromatic rings. The molecule has 0 aromatic heterocycles. The van der Waals surface area contributed by atoms with Gasteiger partial charge in [-0.25, -0.2) is 4.79 Å². The largest absolute Gasteiger partial charge is 0.465 e. The third-order valence-electron chi connectivity index (χ3n) is 1.48. The fourth-order valence-electron chi connectivity index (χ4n) is 0.846. The molecule has 0 saturated carbocycles. The lowest BCUT2D eigenvalue weighted by Crippen LogP contribution is -2.03. The van der Waals surface area contributed by atoms with Gasteiger partial charge in [0.1, 0.15) is 0 Å². The van der Waals surface area contributed by atoms with Crippen molar-refractivity contribution in [2.45, 2.75) is 0 Å². The zero-order chi connectivity index (χ0) is 10.0. The van der Waals surface area contributed by atoms with Crippen LogP contribution in [0.15, 0.2) is 16.6 Å². The van der Waals surface area contributed by atoms with Gasteiger partial charge in [0.25, 0.3) is 0 Å². The standard InChI is InChI=1S/C8H7BrINO2/c1-13-8(12)4-2-5(9)7(10)6(11)3-4/h2-3H,11H2,1H3. The number of nitrogen functional groups attached to an aromatic ring is 1. The summed E-state index contributed by atoms with van der Waals surface area (Å²) in [5.41, 5.74) is 6.69. The van der Waals surface area contributed by atoms with Crippen LogP contribution in [0.25, 0.3) is 0 Å². The van der Waals surface area contributed by atoms with Crippen molar-refractivity contribution >= 4 is 50.2 Å². The van der Waals surface area contributed by atoms with Crippen molar-refractivity contribution in [3.63, 3.8) is 0 Å². The van der Waals surface area contributed by atoms with Crippen LogP contribution in [0.2, 0.25) is 0 Å². The summed E-state index contributed by atoms with van der Waals surface area (Å²) in [6.45, 7) is 0. The molecular weight excluding hydrogens is 349 g/mol. The van der Waals surface area contributed by atoms with Gasteiger partial charge in [-0.2, -0.15) is 0 Å². The number of rotatable bonds is 1. The molecule has 2 N–H and O–H groups in total. The van der Waals surface area contributed by atoms with E-state index in [2.05, 4.69) is 43.3 Å². The molecule has 0 spiro atoms. The average Bonchev–Trinajstić information content (AvgIpc) is 2.12. The molecular formula is C8H7BrINO2. The highest BCUT2D eigenvalue weighted by Gasteiger charge is 2.10. The van der Waals surface area contributed by atoms with Crippen LogP contribution >= 0.6 is 38.5 Å². The van der Waals surface area contributed by atoms with Gasteiger partial charge in [-0.1, -0.05) is 0 Å². The van der Waals surface area contributed by atoms with Gasteiger partial charge >= 0.3 is 5.97 Å². The molecule has 0 amide bonds. The fraction of sp³-hybridized carbons (Fsp3) is 0.125. The van der Waals surface area contributed by atoms with Crippen LogP contribution in [0.5, 0.6) is 0 Å². The minimum atomic E-state index is -0.385. The lowest BCUT2D eigenvalue weighted by molar-refractivity contribution is 0.0600. The first kappa shape index (κ1) is 10.8. The molecule has 0 radical (unpaired) electrons. The molecule has 0 aliphatic rings. The maximum absolute atomic E-state index is 11.1. The lowest BCUT2D eigenvalue weighted by atomic mass is 10.2. The van der Waals surface area contributed by atoms with Gasteiger partial charge in [0.2, 0.25) is 0 Å². The van der Waals surface area contributed by atoms with E-state index in [1.54, 1.807) is 12.1 Å². The van der Waals surface area contributed by atoms with Gasteiger partial charge in [0, 0.05) is 10.2 Å². The summed E-state index contributed by atoms with van der Waals surface area (Å²) < 4.78 is 6.26. The van der Waals surface area contributed by atoms with Gasteiger partial charge in [-0.05, 0) is 50.7 Å². The minimum absolute atomic E-state index is 0.385. The molecule has 13 heavy (non-hydrogen) atoms. The van der Waals surface area contributed by atoms with E-state index in [4.69, 9.17) is 5.73 Å². The second kappa shape index (κ2) is 4.28. The molecule has 0 bridgehead atoms. The Morgan fingerprint density at radius 2 is 2.23 bits per heavy atom. The van der Waals surface area contributed by atoms with E-state index in [0.29, 0.717) is 11.3 Å². The first-order valence-corrected chi connectivity index (χ1v) is 5.26. The molecule has 0 aliphatic carbocycles. The summed E-state index contributed by atoms with van der Waals surface area (Å²) in [6.07, 6.45) is 0. The number of hydrogen-bond acceptors (Lipinski definition) is 3. The Morgan fingerprint density at radius 1 is 1.62 bits per heavy atom. The Hall–Kier alpha value is -0.300. The number of methoxy groups -OCH3 is 1. The molecule has 1 aromatic carbocycles. The number of anilines is 1. The van der Waals surface area contributed by atoms with Gasteiger partial charge in [0.15, 0.2) is 0 Å². The predicted octanol–water partition coefficient (Wildman–Crippen LogP) is 2.42. The summed E-state index contributed by atoms with van der Waals surface area (Å²) in [5, 5.41) is 0. The number of carbonyl (C=O) groups excluding carboxylic acids is 1. The Morgan fingerprint density at radius 3 is 2.69 bits per heavy atom. The van der Waals surface area contributed by atoms with Crippen molar-refractivity contribution in [2.75, 3.05) is 12.8 Å². The first-order chi connectivity index (χ1) is 6.06. The van der Waals surface area contributed by atoms with Gasteiger partial charge in [0.05, 0.1) is 16.2 Å². The normalized spacial score (nSPS) is 9.77. The van der Waals surface area contributed by atoms with Gasteiger partial charge in [-0.15, -0.1) is 0 Å². The summed E-state index contributed by atoms with van der Waals surface area (Å²) >= 11 is 5.40. The van der Waals surface area contributed by atoms with Crippen molar-refractivity contribution in [3.05, 3.63) is 25.7 Å². The molecule has 70 valence electrons. The molecule has 0 heterocycles. The molecule has 3 nitrogen and oxygen atoms in total. The Labute approximate surface area is 97.9 Å². The smallest absolute Gasteiger partial charge is 0.337 e. The minimum Gasteiger partial charge on any atom is -0.465 e. The number of hydrogen-bond donors (Lipinski definition) is 1. The number of benzene rings is 1. The van der Waals surface area contributed by atoms with E-state index in [0.717, 1.165) is 8.04 Å². The third kappa shape index (κ3) is 2.34. The summed E-state index contributed by atoms with van der Waals surface area (Å²) in [4.78, 5) is 11.1. The monoisotopic (exact) mass is 355 g/mol. The average molecular weight is 356 g/mol. The van der Waals surface area contributed by atoms with Crippen molar-refractivity contribution in [1.29, 1.82) is 0 Å². The van der Waals surface area contributed by atoms with Crippen LogP contribution < -0.4 is 5.73 Å². The van der Waals surface area contributed by atoms with E-state index in [9.17, 15) is 4.79 Å². The van der Waals surface area contributed by atoms with Crippen LogP contribution in [0.3, 0.4) is 0 Å². The quantitative estimate of drug-likeness (QED) is 0.478. The van der Waals surface area contributed by atoms with E-state index in [1.807, 2.05) is 0 Å². The Bertz CT molecular complexity index is 331. The lowest BCUT2D eigenvalue weighted by Gasteiger charge is -2.04. The van der Waals surface area contributed by atoms with Crippen LogP contribution in [-0.4, -0.2) is 13.1 Å². The van der Waals surface area contributed by atoms with E-state index >= 15 is 0 Å². The fourth-order valence-corrected chi connectivity index (χ4v) is 1.63. The van der Waals surface area contributed by atoms with Crippen molar-refractivity contribution in [1.82, 2.24) is 0 Å². The van der Waals surface area contributed by atoms with Gasteiger partial charge < -0.3 is 10.5 Å². The number of esters is 1. The van der Waals surface area contributed by atoms with Crippen LogP contribution in [-0.2, 0) is 4.74 Å². The molecule has 0 aliphatic heterocycles. The summed E-state index contributed by atoms with van der Waals surface area (Å²) in [6, 6.07) is 3.28. The predicted molar refractivity (Wildman–Crippen MR) is 62.6 cm³/mol. The van der Waals surface area contributed by atoms with Gasteiger partial charge in [-0.3, -0.25) is 0 Å². The zero-order valence-electron chi connectivity index (χ0n) is 6.80. The van der Waals surface area contributed by atoms with E-state index < -0.39 is 0 Å². The highest BCUT2D eigenvalue weighted by atomic mass is 127. The molecule has 5 heteroatoms. The number of halogens is 2. The van der Waals surface area contributed by atoms with Crippen LogP contribution in [0.4, 0.5) is 5.69 Å². The summed E-state index contributed by atoms with van der Waals surface area (Å²) in [7, 11) is 1.34. The highest BCUT2D eigenvalue weighted by Crippen LogP contribution is 2.26. The second-order valence-electron chi connectivity index (χ2n) is 2.35. The molecule has 0 atom stereocenters. The number of nitrogens with two attached hydrogens (primary N) is 1. The second-order valence-corrected chi connectivity index (χ2v) is 4.29. The first-order valence-electron chi connectivity index (χ1n) is 3.39. The Balaban J connectivity index is 3.20. The SMILES string of the molecule is COC(=O)c1cc(N)c(I)c(Br)c1. The molecule has 0 fully saturated rings. The number of carbonyl (C=O) groups is 1. The molecule has 0 saturated heterocycles. The van der Waals surface area contributed by atoms with Crippen molar-refractivity contribution < 1.29 is 9.53 Å². The van der Waals surface area contributed by atoms with Crippen LogP contribution in [0, 0.1) is 3.57 Å². The maximum Gasteiger partial charge on any atom is 0.337 e. The third-order valence-corrected chi connectivity index (χ3v) is 4.05. The Kier molecular flexibility index (Phi) is 3.55. The molecule has 0 unspecified atom stereocenters. The number of ether oxygens (including phenoxy) is 1. The van der Waals surface area contributed by atoms with Crippen LogP contribution in [0.1, 0.15) is 10.4 Å². The van der Waals surface area contributed by atoms with E-state index in [-0.39, 0.29) is 5.97 Å². The van der Waals surface area contributed by atoms with E-state index in [1.165, 1.54) is 7.11 Å². The van der Waals surface area contributed by atoms with Crippen molar-refractivity contribution in [2.24, 2.45) is 0 Å². The highest BCUT2D eigenvalue weighted by molar-refractivity contribution is 14.1. The summed E-state index contributed by atoms with van der Waals surface area (Å²) in [5.74, 6) is -0.385. The zero-order valence-corrected chi connectivity index (χ0v) is 10.5. The topological polar surface area (TPSA) is 52.3 Å². The van der Waals surface area contributed by atoms with Crippen molar-refractivity contribution in [3.8, 4) is 0 Å². The maximum atomic E-state index is 11.1.